The van der Waals surface area contributed by atoms with Crippen molar-refractivity contribution in [1.82, 2.24) is 0 Å². The van der Waals surface area contributed by atoms with Gasteiger partial charge in [-0.15, -0.1) is 12.6 Å². The second-order valence-electron chi connectivity index (χ2n) is 9.24. The van der Waals surface area contributed by atoms with Gasteiger partial charge in [-0.2, -0.15) is 0 Å². The summed E-state index contributed by atoms with van der Waals surface area (Å²) in [5.74, 6) is 0.708. The Morgan fingerprint density at radius 1 is 1.03 bits per heavy atom. The number of rotatable bonds is 6. The highest BCUT2D eigenvalue weighted by atomic mass is 16.5. The molecule has 1 heterocycles. The van der Waals surface area contributed by atoms with Crippen LogP contribution in [0.5, 0.6) is 5.75 Å². The number of ether oxygens (including phenoxy) is 2. The molecule has 0 amide bonds. The third-order valence-electron chi connectivity index (χ3n) is 7.01. The van der Waals surface area contributed by atoms with Crippen molar-refractivity contribution in [3.63, 3.8) is 0 Å². The molecular weight excluding hydrogens is 434 g/mol. The minimum absolute atomic E-state index is 0.0461. The summed E-state index contributed by atoms with van der Waals surface area (Å²) < 4.78 is 11.4. The number of carbonyl (C=O) groups is 1. The van der Waals surface area contributed by atoms with Crippen molar-refractivity contribution in [1.29, 1.82) is 0 Å². The first-order chi connectivity index (χ1) is 17.0. The van der Waals surface area contributed by atoms with Gasteiger partial charge >= 0.3 is 5.97 Å². The van der Waals surface area contributed by atoms with Gasteiger partial charge in [0.1, 0.15) is 5.75 Å². The number of para-hydroxylation sites is 1. The van der Waals surface area contributed by atoms with Crippen LogP contribution in [0.4, 0.5) is 0 Å². The summed E-state index contributed by atoms with van der Waals surface area (Å²) >= 11 is 0. The molecule has 0 saturated carbocycles. The molecule has 0 bridgehead atoms. The van der Waals surface area contributed by atoms with E-state index in [2.05, 4.69) is 61.5 Å². The van der Waals surface area contributed by atoms with Gasteiger partial charge in [0, 0.05) is 11.5 Å². The van der Waals surface area contributed by atoms with Gasteiger partial charge in [-0.1, -0.05) is 85.3 Å². The zero-order chi connectivity index (χ0) is 24.4. The van der Waals surface area contributed by atoms with E-state index in [-0.39, 0.29) is 24.0 Å². The first kappa shape index (κ1) is 23.1. The first-order valence-corrected chi connectivity index (χ1v) is 12.1. The number of carbonyl (C=O) groups excluding carboxylic acids is 1. The lowest BCUT2D eigenvalue weighted by molar-refractivity contribution is 0.0599. The van der Waals surface area contributed by atoms with Crippen LogP contribution in [-0.4, -0.2) is 25.7 Å². The Hall–Kier alpha value is -3.63. The number of benzene rings is 4. The largest absolute Gasteiger partial charge is 0.653 e. The molecule has 5 rings (SSSR count). The summed E-state index contributed by atoms with van der Waals surface area (Å²) in [5.41, 5.74) is 5.00. The maximum absolute atomic E-state index is 12.3. The normalized spacial score (nSPS) is 17.9. The van der Waals surface area contributed by atoms with E-state index >= 15 is 0 Å². The molecule has 1 aliphatic rings. The van der Waals surface area contributed by atoms with E-state index in [1.807, 2.05) is 37.3 Å². The van der Waals surface area contributed by atoms with Gasteiger partial charge in [-0.05, 0) is 47.4 Å². The summed E-state index contributed by atoms with van der Waals surface area (Å²) in [4.78, 5) is 12.3. The van der Waals surface area contributed by atoms with Crippen molar-refractivity contribution in [3.05, 3.63) is 118 Å². The van der Waals surface area contributed by atoms with Crippen molar-refractivity contribution in [2.24, 2.45) is 0 Å². The van der Waals surface area contributed by atoms with Gasteiger partial charge in [0.2, 0.25) is 0 Å². The highest BCUT2D eigenvalue weighted by molar-refractivity contribution is 5.91. The van der Waals surface area contributed by atoms with E-state index in [4.69, 9.17) is 14.8 Å². The van der Waals surface area contributed by atoms with E-state index in [0.29, 0.717) is 12.1 Å². The molecule has 0 spiro atoms. The average molecular weight is 465 g/mol. The molecule has 0 aromatic heterocycles. The summed E-state index contributed by atoms with van der Waals surface area (Å²) in [6, 6.07) is 29.2. The van der Waals surface area contributed by atoms with E-state index < -0.39 is 0 Å². The van der Waals surface area contributed by atoms with Crippen molar-refractivity contribution in [2.75, 3.05) is 13.7 Å². The van der Waals surface area contributed by atoms with Crippen molar-refractivity contribution in [2.45, 2.75) is 38.3 Å². The predicted octanol–water partition coefficient (Wildman–Crippen LogP) is 7.35. The van der Waals surface area contributed by atoms with E-state index in [0.717, 1.165) is 28.9 Å². The molecule has 4 nitrogen and oxygen atoms in total. The number of nitrogens with zero attached hydrogens (tertiary/aromatic N) is 1. The lowest BCUT2D eigenvalue weighted by atomic mass is 9.83. The van der Waals surface area contributed by atoms with Crippen LogP contribution in [0.1, 0.15) is 57.9 Å². The Kier molecular flexibility index (Phi) is 6.56. The molecule has 1 aliphatic heterocycles. The molecule has 4 aromatic carbocycles. The zero-order valence-electron chi connectivity index (χ0n) is 20.4. The number of hydrogen-bond donors (Lipinski definition) is 0. The molecule has 0 N–H and O–H groups in total. The molecule has 4 heteroatoms. The van der Waals surface area contributed by atoms with Gasteiger partial charge in [-0.3, -0.25) is 0 Å². The Bertz CT molecular complexity index is 1360. The molecule has 3 atom stereocenters. The number of aryl methyl sites for hydroxylation is 1. The molecule has 0 aliphatic carbocycles. The van der Waals surface area contributed by atoms with Gasteiger partial charge in [0.25, 0.3) is 0 Å². The fraction of sp³-hybridized carbons (Fsp3) is 0.258. The van der Waals surface area contributed by atoms with Crippen LogP contribution in [0.15, 0.2) is 84.9 Å². The minimum Gasteiger partial charge on any atom is -0.653 e. The van der Waals surface area contributed by atoms with Crippen LogP contribution >= 0.6 is 0 Å². The Morgan fingerprint density at radius 3 is 2.66 bits per heavy atom. The second-order valence-corrected chi connectivity index (χ2v) is 9.24. The molecule has 178 valence electrons. The second kappa shape index (κ2) is 9.93. The number of fused-ring (bicyclic) bond motifs is 2. The molecule has 35 heavy (non-hydrogen) atoms. The van der Waals surface area contributed by atoms with Crippen LogP contribution in [-0.2, 0) is 4.74 Å². The Morgan fingerprint density at radius 2 is 1.80 bits per heavy atom. The SMILES string of the molecule is COC(=O)c1cc(C2C[C@H](C[N-][C@H](C)c3cccc4ccccc34)Oc3ccccc32)ccc1C. The predicted molar refractivity (Wildman–Crippen MR) is 140 cm³/mol. The van der Waals surface area contributed by atoms with E-state index in [1.165, 1.54) is 23.4 Å². The van der Waals surface area contributed by atoms with Crippen LogP contribution < -0.4 is 4.74 Å². The maximum atomic E-state index is 12.3. The third kappa shape index (κ3) is 4.67. The van der Waals surface area contributed by atoms with Gasteiger partial charge in [0.05, 0.1) is 18.8 Å². The molecule has 0 fully saturated rings. The standard InChI is InChI=1S/C31H30NO3/c1-20-15-16-23(17-28(20)31(33)34-3)29-18-24(35-30-14-7-6-12-27(29)30)19-32-21(2)25-13-8-10-22-9-4-5-11-26(22)25/h4-17,21,24,29H,18-19H2,1-3H3/q-1/t21-,24-,29?/m1/s1. The average Bonchev–Trinajstić information content (AvgIpc) is 2.90. The van der Waals surface area contributed by atoms with E-state index in [9.17, 15) is 4.79 Å². The number of esters is 1. The molecule has 0 saturated heterocycles. The highest BCUT2D eigenvalue weighted by Gasteiger charge is 2.28. The van der Waals surface area contributed by atoms with Crippen LogP contribution in [0.2, 0.25) is 0 Å². The zero-order valence-corrected chi connectivity index (χ0v) is 20.4. The Labute approximate surface area is 206 Å². The summed E-state index contributed by atoms with van der Waals surface area (Å²) in [7, 11) is 1.42. The van der Waals surface area contributed by atoms with Crippen molar-refractivity contribution < 1.29 is 14.3 Å². The summed E-state index contributed by atoms with van der Waals surface area (Å²) in [6.45, 7) is 4.69. The number of hydrogen-bond acceptors (Lipinski definition) is 3. The molecule has 0 radical (unpaired) electrons. The van der Waals surface area contributed by atoms with Crippen LogP contribution in [0.3, 0.4) is 0 Å². The monoisotopic (exact) mass is 464 g/mol. The van der Waals surface area contributed by atoms with Crippen molar-refractivity contribution in [3.8, 4) is 5.75 Å². The smallest absolute Gasteiger partial charge is 0.338 e. The van der Waals surface area contributed by atoms with Gasteiger partial charge in [-0.25, -0.2) is 4.79 Å². The lowest BCUT2D eigenvalue weighted by Crippen LogP contribution is -2.29. The fourth-order valence-corrected chi connectivity index (χ4v) is 5.10. The topological polar surface area (TPSA) is 49.6 Å². The van der Waals surface area contributed by atoms with Crippen LogP contribution in [0, 0.1) is 6.92 Å². The first-order valence-electron chi connectivity index (χ1n) is 12.1. The molecule has 4 aromatic rings. The minimum atomic E-state index is -0.305. The summed E-state index contributed by atoms with van der Waals surface area (Å²) in [6.07, 6.45) is 0.752. The van der Waals surface area contributed by atoms with Crippen molar-refractivity contribution >= 4 is 16.7 Å². The maximum Gasteiger partial charge on any atom is 0.338 e. The quantitative estimate of drug-likeness (QED) is 0.280. The van der Waals surface area contributed by atoms with Gasteiger partial charge < -0.3 is 14.8 Å². The Balaban J connectivity index is 1.39. The molecular formula is C31H30NO3-. The molecule has 1 unspecified atom stereocenters. The lowest BCUT2D eigenvalue weighted by Gasteiger charge is -2.39. The van der Waals surface area contributed by atoms with Crippen LogP contribution in [0.25, 0.3) is 16.1 Å². The third-order valence-corrected chi connectivity index (χ3v) is 7.01. The summed E-state index contributed by atoms with van der Waals surface area (Å²) in [5, 5.41) is 7.52. The number of methoxy groups -OCH3 is 1. The highest BCUT2D eigenvalue weighted by Crippen LogP contribution is 2.41. The van der Waals surface area contributed by atoms with Gasteiger partial charge in [0.15, 0.2) is 0 Å². The van der Waals surface area contributed by atoms with E-state index in [1.54, 1.807) is 0 Å². The fourth-order valence-electron chi connectivity index (χ4n) is 5.10.